The highest BCUT2D eigenvalue weighted by Crippen LogP contribution is 2.23. The van der Waals surface area contributed by atoms with Crippen LogP contribution in [0.1, 0.15) is 84.8 Å². The minimum atomic E-state index is -0.662. The van der Waals surface area contributed by atoms with Gasteiger partial charge < -0.3 is 19.7 Å². The highest BCUT2D eigenvalue weighted by atomic mass is 19.1. The highest BCUT2D eigenvalue weighted by molar-refractivity contribution is 5.94. The maximum atomic E-state index is 13.6. The van der Waals surface area contributed by atoms with E-state index in [1.165, 1.54) is 29.3 Å². The van der Waals surface area contributed by atoms with Crippen LogP contribution in [0.3, 0.4) is 0 Å². The average Bonchev–Trinajstić information content (AvgIpc) is 3.39. The molecule has 6 nitrogen and oxygen atoms in total. The molecule has 41 heavy (non-hydrogen) atoms. The number of hydrogen-bond donors (Lipinski definition) is 1. The summed E-state index contributed by atoms with van der Waals surface area (Å²) in [5.74, 6) is -0.412. The predicted octanol–water partition coefficient (Wildman–Crippen LogP) is 8.57. The van der Waals surface area contributed by atoms with Gasteiger partial charge in [0.05, 0.1) is 12.4 Å². The Balaban J connectivity index is 0.00000287. The van der Waals surface area contributed by atoms with E-state index in [-0.39, 0.29) is 11.8 Å². The summed E-state index contributed by atoms with van der Waals surface area (Å²) in [5.41, 5.74) is 3.01. The number of anilines is 1. The number of aliphatic imine (C=N–C) groups is 1. The average molecular weight is 574 g/mol. The number of benzene rings is 2. The van der Waals surface area contributed by atoms with E-state index in [1.807, 2.05) is 41.5 Å². The molecule has 2 aromatic rings. The molecule has 1 amide bonds. The van der Waals surface area contributed by atoms with Crippen LogP contribution in [-0.4, -0.2) is 48.7 Å². The van der Waals surface area contributed by atoms with Crippen LogP contribution < -0.4 is 10.1 Å². The molecule has 1 heterocycles. The summed E-state index contributed by atoms with van der Waals surface area (Å²) in [4.78, 5) is 18.8. The molecule has 1 unspecified atom stereocenters. The second kappa shape index (κ2) is 16.9. The number of aryl methyl sites for hydroxylation is 2. The summed E-state index contributed by atoms with van der Waals surface area (Å²) in [6, 6.07) is 10.2. The third-order valence-corrected chi connectivity index (χ3v) is 6.66. The quantitative estimate of drug-likeness (QED) is 0.166. The van der Waals surface area contributed by atoms with Crippen LogP contribution in [-0.2, 0) is 11.2 Å². The van der Waals surface area contributed by atoms with Crippen molar-refractivity contribution >= 4 is 17.6 Å². The third-order valence-electron chi connectivity index (χ3n) is 6.66. The number of carbonyl (C=O) groups is 1. The molecule has 1 aliphatic heterocycles. The number of amides is 1. The Kier molecular flexibility index (Phi) is 14.1. The van der Waals surface area contributed by atoms with Gasteiger partial charge in [-0.25, -0.2) is 13.6 Å². The van der Waals surface area contributed by atoms with Crippen molar-refractivity contribution in [3.05, 3.63) is 59.2 Å². The SMILES string of the molecule is CC.CC(=NCC1CCN(C(=O)OC(C)(C)C)C1)Nc1ccc(CCCCCCOc2c(F)cccc2F)cc1C. The molecular formula is C33H49F2N3O3. The molecular weight excluding hydrogens is 524 g/mol. The fraction of sp³-hybridized carbons (Fsp3) is 0.576. The lowest BCUT2D eigenvalue weighted by molar-refractivity contribution is 0.0289. The van der Waals surface area contributed by atoms with Crippen molar-refractivity contribution in [3.8, 4) is 5.75 Å². The number of halogens is 2. The lowest BCUT2D eigenvalue weighted by Crippen LogP contribution is -2.35. The van der Waals surface area contributed by atoms with E-state index in [1.54, 1.807) is 4.90 Å². The molecule has 0 radical (unpaired) electrons. The van der Waals surface area contributed by atoms with Gasteiger partial charge in [-0.3, -0.25) is 4.99 Å². The summed E-state index contributed by atoms with van der Waals surface area (Å²) in [6.45, 7) is 16.1. The Bertz CT molecular complexity index is 1110. The molecule has 1 saturated heterocycles. The van der Waals surface area contributed by atoms with Crippen LogP contribution in [0.2, 0.25) is 0 Å². The van der Waals surface area contributed by atoms with Gasteiger partial charge in [-0.2, -0.15) is 0 Å². The highest BCUT2D eigenvalue weighted by Gasteiger charge is 2.29. The Labute approximate surface area is 245 Å². The van der Waals surface area contributed by atoms with Crippen molar-refractivity contribution in [2.75, 3.05) is 31.6 Å². The molecule has 1 fully saturated rings. The first-order valence-electron chi connectivity index (χ1n) is 14.9. The van der Waals surface area contributed by atoms with Crippen LogP contribution in [0.5, 0.6) is 5.75 Å². The molecule has 228 valence electrons. The number of amidine groups is 1. The molecule has 0 saturated carbocycles. The Hall–Kier alpha value is -3.16. The minimum Gasteiger partial charge on any atom is -0.488 e. The number of para-hydroxylation sites is 1. The van der Waals surface area contributed by atoms with E-state index in [2.05, 4.69) is 30.4 Å². The van der Waals surface area contributed by atoms with E-state index in [9.17, 15) is 13.6 Å². The van der Waals surface area contributed by atoms with Crippen molar-refractivity contribution < 1.29 is 23.0 Å². The third kappa shape index (κ3) is 12.1. The number of nitrogens with one attached hydrogen (secondary N) is 1. The molecule has 1 aliphatic rings. The van der Waals surface area contributed by atoms with Gasteiger partial charge in [0, 0.05) is 25.3 Å². The topological polar surface area (TPSA) is 63.2 Å². The lowest BCUT2D eigenvalue weighted by Gasteiger charge is -2.24. The van der Waals surface area contributed by atoms with Gasteiger partial charge in [0.15, 0.2) is 17.4 Å². The number of unbranched alkanes of at least 4 members (excludes halogenated alkanes) is 3. The van der Waals surface area contributed by atoms with Gasteiger partial charge in [-0.15, -0.1) is 0 Å². The first-order chi connectivity index (χ1) is 19.5. The van der Waals surface area contributed by atoms with Gasteiger partial charge in [0.1, 0.15) is 5.60 Å². The number of rotatable bonds is 11. The fourth-order valence-corrected chi connectivity index (χ4v) is 4.58. The summed E-state index contributed by atoms with van der Waals surface area (Å²) >= 11 is 0. The fourth-order valence-electron chi connectivity index (χ4n) is 4.58. The number of ether oxygens (including phenoxy) is 2. The van der Waals surface area contributed by atoms with Crippen LogP contribution in [0, 0.1) is 24.5 Å². The minimum absolute atomic E-state index is 0.245. The Morgan fingerprint density at radius 3 is 2.41 bits per heavy atom. The number of likely N-dealkylation sites (tertiary alicyclic amines) is 1. The van der Waals surface area contributed by atoms with Crippen molar-refractivity contribution in [2.45, 2.75) is 92.6 Å². The van der Waals surface area contributed by atoms with Crippen molar-refractivity contribution in [1.82, 2.24) is 4.90 Å². The normalized spacial score (nSPS) is 15.3. The van der Waals surface area contributed by atoms with Crippen LogP contribution in [0.4, 0.5) is 19.3 Å². The van der Waals surface area contributed by atoms with Crippen LogP contribution in [0.25, 0.3) is 0 Å². The smallest absolute Gasteiger partial charge is 0.410 e. The maximum absolute atomic E-state index is 13.6. The zero-order valence-corrected chi connectivity index (χ0v) is 26.0. The van der Waals surface area contributed by atoms with E-state index in [4.69, 9.17) is 14.5 Å². The summed E-state index contributed by atoms with van der Waals surface area (Å²) in [5, 5.41) is 3.42. The molecule has 1 N–H and O–H groups in total. The van der Waals surface area contributed by atoms with Crippen LogP contribution in [0.15, 0.2) is 41.4 Å². The molecule has 3 rings (SSSR count). The second-order valence-corrected chi connectivity index (χ2v) is 11.3. The van der Waals surface area contributed by atoms with Gasteiger partial charge >= 0.3 is 6.09 Å². The molecule has 0 aromatic heterocycles. The standard InChI is InChI=1S/C31H43F2N3O3.C2H6/c1-22-19-24(11-8-6-7-9-18-38-29-26(32)12-10-13-27(29)33)14-15-28(22)35-23(2)34-20-25-16-17-36(21-25)30(37)39-31(3,4)5;1-2/h10,12-15,19,25H,6-9,11,16-18,20-21H2,1-5H3,(H,34,35);1-2H3. The molecule has 2 aromatic carbocycles. The molecule has 0 bridgehead atoms. The Morgan fingerprint density at radius 1 is 1.07 bits per heavy atom. The zero-order chi connectivity index (χ0) is 30.4. The molecule has 0 spiro atoms. The molecule has 1 atom stereocenters. The van der Waals surface area contributed by atoms with Gasteiger partial charge in [-0.05, 0) is 95.5 Å². The Morgan fingerprint density at radius 2 is 1.76 bits per heavy atom. The van der Waals surface area contributed by atoms with E-state index in [0.717, 1.165) is 50.0 Å². The largest absolute Gasteiger partial charge is 0.488 e. The van der Waals surface area contributed by atoms with Crippen molar-refractivity contribution in [1.29, 1.82) is 0 Å². The first kappa shape index (κ1) is 34.0. The van der Waals surface area contributed by atoms with Gasteiger partial charge in [-0.1, -0.05) is 44.9 Å². The van der Waals surface area contributed by atoms with Crippen molar-refractivity contribution in [2.24, 2.45) is 10.9 Å². The van der Waals surface area contributed by atoms with Crippen molar-refractivity contribution in [3.63, 3.8) is 0 Å². The van der Waals surface area contributed by atoms with Gasteiger partial charge in [0.25, 0.3) is 0 Å². The number of hydrogen-bond acceptors (Lipinski definition) is 4. The number of carbonyl (C=O) groups excluding carboxylic acids is 1. The molecule has 8 heteroatoms. The molecule has 0 aliphatic carbocycles. The summed E-state index contributed by atoms with van der Waals surface area (Å²) < 4.78 is 37.9. The van der Waals surface area contributed by atoms with Crippen LogP contribution >= 0.6 is 0 Å². The van der Waals surface area contributed by atoms with E-state index < -0.39 is 17.2 Å². The first-order valence-corrected chi connectivity index (χ1v) is 14.9. The van der Waals surface area contributed by atoms with E-state index >= 15 is 0 Å². The monoisotopic (exact) mass is 573 g/mol. The van der Waals surface area contributed by atoms with Gasteiger partial charge in [0.2, 0.25) is 0 Å². The summed E-state index contributed by atoms with van der Waals surface area (Å²) in [7, 11) is 0. The number of nitrogens with zero attached hydrogens (tertiary/aromatic N) is 2. The lowest BCUT2D eigenvalue weighted by atomic mass is 10.0. The summed E-state index contributed by atoms with van der Waals surface area (Å²) in [6.07, 6.45) is 5.44. The van der Waals surface area contributed by atoms with E-state index in [0.29, 0.717) is 32.2 Å². The predicted molar refractivity (Wildman–Crippen MR) is 164 cm³/mol. The zero-order valence-electron chi connectivity index (χ0n) is 26.0. The second-order valence-electron chi connectivity index (χ2n) is 11.3. The maximum Gasteiger partial charge on any atom is 0.410 e.